The van der Waals surface area contributed by atoms with Crippen LogP contribution in [0.2, 0.25) is 0 Å². The summed E-state index contributed by atoms with van der Waals surface area (Å²) in [5.74, 6) is 2.21. The van der Waals surface area contributed by atoms with E-state index in [1.165, 1.54) is 24.0 Å². The highest BCUT2D eigenvalue weighted by Crippen LogP contribution is 2.40. The first kappa shape index (κ1) is 13.2. The number of rotatable bonds is 4. The molecule has 0 bridgehead atoms. The largest absolute Gasteiger partial charge is 0.493 e. The van der Waals surface area contributed by atoms with Crippen LogP contribution in [0.25, 0.3) is 0 Å². The predicted molar refractivity (Wildman–Crippen MR) is 73.6 cm³/mol. The summed E-state index contributed by atoms with van der Waals surface area (Å²) in [6, 6.07) is 4.74. The van der Waals surface area contributed by atoms with Gasteiger partial charge in [-0.3, -0.25) is 0 Å². The van der Waals surface area contributed by atoms with Crippen molar-refractivity contribution in [1.82, 2.24) is 5.32 Å². The zero-order valence-corrected chi connectivity index (χ0v) is 11.7. The lowest BCUT2D eigenvalue weighted by atomic mass is 9.95. The maximum atomic E-state index is 5.55. The second-order valence-electron chi connectivity index (χ2n) is 5.15. The Hall–Kier alpha value is -1.22. The van der Waals surface area contributed by atoms with E-state index in [9.17, 15) is 0 Å². The summed E-state index contributed by atoms with van der Waals surface area (Å²) in [7, 11) is 3.42. The Balaban J connectivity index is 2.48. The molecule has 1 heterocycles. The van der Waals surface area contributed by atoms with E-state index >= 15 is 0 Å². The summed E-state index contributed by atoms with van der Waals surface area (Å²) < 4.78 is 11.0. The van der Waals surface area contributed by atoms with E-state index in [-0.39, 0.29) is 0 Å². The topological polar surface area (TPSA) is 30.5 Å². The third kappa shape index (κ3) is 2.46. The van der Waals surface area contributed by atoms with Gasteiger partial charge in [-0.2, -0.15) is 0 Å². The van der Waals surface area contributed by atoms with Gasteiger partial charge in [0.1, 0.15) is 0 Å². The van der Waals surface area contributed by atoms with Gasteiger partial charge in [0.2, 0.25) is 0 Å². The summed E-state index contributed by atoms with van der Waals surface area (Å²) in [5, 5.41) is 3.53. The Bertz CT molecular complexity index is 409. The maximum Gasteiger partial charge on any atom is 0.165 e. The zero-order chi connectivity index (χ0) is 13.1. The number of benzene rings is 1. The van der Waals surface area contributed by atoms with Crippen LogP contribution >= 0.6 is 0 Å². The molecule has 3 heteroatoms. The van der Waals surface area contributed by atoms with Crippen molar-refractivity contribution in [2.45, 2.75) is 38.6 Å². The minimum Gasteiger partial charge on any atom is -0.493 e. The van der Waals surface area contributed by atoms with Gasteiger partial charge >= 0.3 is 0 Å². The van der Waals surface area contributed by atoms with Crippen molar-refractivity contribution in [1.29, 1.82) is 0 Å². The quantitative estimate of drug-likeness (QED) is 0.888. The van der Waals surface area contributed by atoms with Crippen molar-refractivity contribution in [3.63, 3.8) is 0 Å². The van der Waals surface area contributed by atoms with Crippen molar-refractivity contribution in [3.8, 4) is 11.5 Å². The van der Waals surface area contributed by atoms with Crippen molar-refractivity contribution >= 4 is 0 Å². The lowest BCUT2D eigenvalue weighted by Gasteiger charge is -2.20. The lowest BCUT2D eigenvalue weighted by molar-refractivity contribution is 0.347. The molecule has 0 aliphatic carbocycles. The second kappa shape index (κ2) is 5.61. The van der Waals surface area contributed by atoms with Gasteiger partial charge in [0.15, 0.2) is 11.5 Å². The van der Waals surface area contributed by atoms with Crippen molar-refractivity contribution in [2.24, 2.45) is 0 Å². The summed E-state index contributed by atoms with van der Waals surface area (Å²) in [6.07, 6.45) is 2.39. The van der Waals surface area contributed by atoms with Crippen LogP contribution in [0.3, 0.4) is 0 Å². The predicted octanol–water partition coefficient (Wildman–Crippen LogP) is 3.25. The maximum absolute atomic E-state index is 5.55. The van der Waals surface area contributed by atoms with E-state index in [2.05, 4.69) is 31.3 Å². The molecule has 18 heavy (non-hydrogen) atoms. The number of hydrogen-bond acceptors (Lipinski definition) is 3. The van der Waals surface area contributed by atoms with Gasteiger partial charge in [-0.1, -0.05) is 13.8 Å². The zero-order valence-electron chi connectivity index (χ0n) is 11.7. The Labute approximate surface area is 109 Å². The van der Waals surface area contributed by atoms with Crippen molar-refractivity contribution < 1.29 is 9.47 Å². The van der Waals surface area contributed by atoms with Gasteiger partial charge in [-0.25, -0.2) is 0 Å². The molecule has 0 spiro atoms. The molecule has 0 radical (unpaired) electrons. The monoisotopic (exact) mass is 249 g/mol. The highest BCUT2D eigenvalue weighted by molar-refractivity contribution is 5.51. The lowest BCUT2D eigenvalue weighted by Crippen LogP contribution is -2.14. The molecule has 0 aromatic heterocycles. The summed E-state index contributed by atoms with van der Waals surface area (Å²) >= 11 is 0. The number of nitrogens with one attached hydrogen (secondary N) is 1. The van der Waals surface area contributed by atoms with Crippen LogP contribution in [0.15, 0.2) is 12.1 Å². The second-order valence-corrected chi connectivity index (χ2v) is 5.15. The first-order chi connectivity index (χ1) is 8.67. The molecular weight excluding hydrogens is 226 g/mol. The minimum absolute atomic E-state index is 0.396. The van der Waals surface area contributed by atoms with Crippen LogP contribution in [-0.4, -0.2) is 20.8 Å². The first-order valence-electron chi connectivity index (χ1n) is 6.66. The van der Waals surface area contributed by atoms with Crippen LogP contribution in [-0.2, 0) is 0 Å². The summed E-state index contributed by atoms with van der Waals surface area (Å²) in [4.78, 5) is 0. The van der Waals surface area contributed by atoms with Crippen LogP contribution < -0.4 is 14.8 Å². The van der Waals surface area contributed by atoms with Crippen molar-refractivity contribution in [2.75, 3.05) is 20.8 Å². The van der Waals surface area contributed by atoms with Gasteiger partial charge in [0.25, 0.3) is 0 Å². The molecule has 1 aliphatic heterocycles. The van der Waals surface area contributed by atoms with Crippen molar-refractivity contribution in [3.05, 3.63) is 23.3 Å². The molecule has 3 nitrogen and oxygen atoms in total. The van der Waals surface area contributed by atoms with Gasteiger partial charge in [-0.05, 0) is 43.0 Å². The fraction of sp³-hybridized carbons (Fsp3) is 0.600. The SMILES string of the molecule is COc1cc(C(C)C)cc(C2CCCN2)c1OC. The average molecular weight is 249 g/mol. The molecule has 2 rings (SSSR count). The molecule has 100 valence electrons. The normalized spacial score (nSPS) is 19.3. The smallest absolute Gasteiger partial charge is 0.165 e. The highest BCUT2D eigenvalue weighted by Gasteiger charge is 2.23. The van der Waals surface area contributed by atoms with Gasteiger partial charge < -0.3 is 14.8 Å². The number of ether oxygens (including phenoxy) is 2. The van der Waals surface area contributed by atoms with Crippen LogP contribution in [0.4, 0.5) is 0 Å². The molecular formula is C15H23NO2. The Morgan fingerprint density at radius 1 is 1.22 bits per heavy atom. The standard InChI is InChI=1S/C15H23NO2/c1-10(2)11-8-12(13-6-5-7-16-13)15(18-4)14(9-11)17-3/h8-10,13,16H,5-7H2,1-4H3. The van der Waals surface area contributed by atoms with E-state index in [0.717, 1.165) is 18.0 Å². The first-order valence-corrected chi connectivity index (χ1v) is 6.66. The van der Waals surface area contributed by atoms with E-state index in [1.54, 1.807) is 14.2 Å². The molecule has 1 unspecified atom stereocenters. The van der Waals surface area contributed by atoms with E-state index in [1.807, 2.05) is 0 Å². The molecule has 1 N–H and O–H groups in total. The summed E-state index contributed by atoms with van der Waals surface area (Å²) in [6.45, 7) is 5.49. The average Bonchev–Trinajstić information content (AvgIpc) is 2.90. The van der Waals surface area contributed by atoms with Gasteiger partial charge in [-0.15, -0.1) is 0 Å². The summed E-state index contributed by atoms with van der Waals surface area (Å²) in [5.41, 5.74) is 2.54. The third-order valence-corrected chi connectivity index (χ3v) is 3.63. The Morgan fingerprint density at radius 2 is 2.00 bits per heavy atom. The molecule has 1 fully saturated rings. The molecule has 0 saturated carbocycles. The van der Waals surface area contributed by atoms with Gasteiger partial charge in [0, 0.05) is 11.6 Å². The number of methoxy groups -OCH3 is 2. The molecule has 1 atom stereocenters. The van der Waals surface area contributed by atoms with Crippen LogP contribution in [0.5, 0.6) is 11.5 Å². The third-order valence-electron chi connectivity index (χ3n) is 3.63. The number of hydrogen-bond donors (Lipinski definition) is 1. The fourth-order valence-electron chi connectivity index (χ4n) is 2.56. The Kier molecular flexibility index (Phi) is 4.12. The molecule has 1 aromatic carbocycles. The molecule has 1 saturated heterocycles. The highest BCUT2D eigenvalue weighted by atomic mass is 16.5. The minimum atomic E-state index is 0.396. The molecule has 0 amide bonds. The Morgan fingerprint density at radius 3 is 2.50 bits per heavy atom. The fourth-order valence-corrected chi connectivity index (χ4v) is 2.56. The van der Waals surface area contributed by atoms with E-state index < -0.39 is 0 Å². The van der Waals surface area contributed by atoms with E-state index in [0.29, 0.717) is 12.0 Å². The van der Waals surface area contributed by atoms with Crippen LogP contribution in [0, 0.1) is 0 Å². The van der Waals surface area contributed by atoms with E-state index in [4.69, 9.17) is 9.47 Å². The van der Waals surface area contributed by atoms with Gasteiger partial charge in [0.05, 0.1) is 14.2 Å². The van der Waals surface area contributed by atoms with Crippen LogP contribution in [0.1, 0.15) is 49.8 Å². The molecule has 1 aliphatic rings. The molecule has 1 aromatic rings.